The minimum Gasteiger partial charge on any atom is -2.00 e. The van der Waals surface area contributed by atoms with Gasteiger partial charge in [-0.1, -0.05) is 0 Å². The fraction of sp³-hybridized carbons (Fsp3) is 0.500. The summed E-state index contributed by atoms with van der Waals surface area (Å²) in [6, 6.07) is 0. The average Bonchev–Trinajstić information content (AvgIpc) is 1.82. The van der Waals surface area contributed by atoms with Gasteiger partial charge in [-0.25, -0.2) is 4.79 Å². The molecule has 0 saturated heterocycles. The molecule has 96 valence electrons. The molecule has 10 heteroatoms. The third kappa shape index (κ3) is 8.15. The number of carboxylic acids is 3. The van der Waals surface area contributed by atoms with E-state index in [1.165, 1.54) is 0 Å². The summed E-state index contributed by atoms with van der Waals surface area (Å²) in [4.78, 5) is 30.5. The Morgan fingerprint density at radius 1 is 0.938 bits per heavy atom. The van der Waals surface area contributed by atoms with E-state index in [4.69, 9.17) is 20.4 Å². The van der Waals surface area contributed by atoms with E-state index in [9.17, 15) is 14.4 Å². The van der Waals surface area contributed by atoms with E-state index in [1.807, 2.05) is 0 Å². The van der Waals surface area contributed by atoms with Gasteiger partial charge in [0.05, 0.1) is 12.8 Å². The minimum absolute atomic E-state index is 0. The Hall–Kier alpha value is -1.19. The molecule has 0 atom stereocenters. The standard InChI is InChI=1S/C6H8O7.Fe.H3N.O/c7-3(8)1-6(13,5(11)12)2-4(9)10;;;/h13H,1-2H2,(H,7,8)(H,9,10)(H,11,12);;1H3;/q;+2;;-2. The van der Waals surface area contributed by atoms with Gasteiger partial charge >= 0.3 is 35.0 Å². The van der Waals surface area contributed by atoms with E-state index in [0.29, 0.717) is 0 Å². The fourth-order valence-corrected chi connectivity index (χ4v) is 0.714. The zero-order chi connectivity index (χ0) is 10.6. The van der Waals surface area contributed by atoms with Crippen molar-refractivity contribution in [2.45, 2.75) is 18.4 Å². The van der Waals surface area contributed by atoms with Gasteiger partial charge in [0.25, 0.3) is 0 Å². The van der Waals surface area contributed by atoms with Gasteiger partial charge in [-0.05, 0) is 0 Å². The molecule has 0 radical (unpaired) electrons. The Morgan fingerprint density at radius 2 is 1.19 bits per heavy atom. The summed E-state index contributed by atoms with van der Waals surface area (Å²) in [5.41, 5.74) is -2.74. The quantitative estimate of drug-likeness (QED) is 0.387. The van der Waals surface area contributed by atoms with Crippen LogP contribution in [-0.4, -0.2) is 43.9 Å². The van der Waals surface area contributed by atoms with Crippen molar-refractivity contribution in [2.75, 3.05) is 0 Å². The van der Waals surface area contributed by atoms with E-state index in [1.54, 1.807) is 0 Å². The topological polar surface area (TPSA) is 196 Å². The molecule has 7 N–H and O–H groups in total. The zero-order valence-corrected chi connectivity index (χ0v) is 9.00. The van der Waals surface area contributed by atoms with Crippen LogP contribution in [0.15, 0.2) is 0 Å². The average molecular weight is 281 g/mol. The monoisotopic (exact) mass is 281 g/mol. The number of hydrogen-bond acceptors (Lipinski definition) is 5. The first-order valence-corrected chi connectivity index (χ1v) is 3.17. The van der Waals surface area contributed by atoms with Crippen LogP contribution in [0.5, 0.6) is 0 Å². The Balaban J connectivity index is -0.000000240. The molecule has 16 heavy (non-hydrogen) atoms. The van der Waals surface area contributed by atoms with Crippen LogP contribution in [0.4, 0.5) is 0 Å². The molecule has 0 heterocycles. The van der Waals surface area contributed by atoms with Crippen LogP contribution < -0.4 is 6.15 Å². The van der Waals surface area contributed by atoms with E-state index < -0.39 is 36.4 Å². The van der Waals surface area contributed by atoms with Crippen molar-refractivity contribution in [1.82, 2.24) is 6.15 Å². The molecule has 0 bridgehead atoms. The maximum Gasteiger partial charge on any atom is 2.00 e. The van der Waals surface area contributed by atoms with E-state index in [-0.39, 0.29) is 28.7 Å². The molecular weight excluding hydrogens is 270 g/mol. The van der Waals surface area contributed by atoms with Gasteiger partial charge < -0.3 is 32.1 Å². The van der Waals surface area contributed by atoms with Crippen LogP contribution in [0.1, 0.15) is 12.8 Å². The van der Waals surface area contributed by atoms with Crippen molar-refractivity contribution in [3.8, 4) is 0 Å². The molecule has 0 rings (SSSR count). The van der Waals surface area contributed by atoms with E-state index in [2.05, 4.69) is 0 Å². The van der Waals surface area contributed by atoms with Crippen LogP contribution >= 0.6 is 0 Å². The first kappa shape index (κ1) is 24.2. The summed E-state index contributed by atoms with van der Waals surface area (Å²) in [5, 5.41) is 33.8. The summed E-state index contributed by atoms with van der Waals surface area (Å²) < 4.78 is 0. The summed E-state index contributed by atoms with van der Waals surface area (Å²) in [6.07, 6.45) is -2.29. The number of carboxylic acid groups (broad SMARTS) is 3. The molecule has 0 aromatic rings. The van der Waals surface area contributed by atoms with Crippen LogP contribution in [0.3, 0.4) is 0 Å². The third-order valence-corrected chi connectivity index (χ3v) is 1.29. The van der Waals surface area contributed by atoms with Gasteiger partial charge in [-0.2, -0.15) is 0 Å². The van der Waals surface area contributed by atoms with Gasteiger partial charge in [0.15, 0.2) is 5.60 Å². The van der Waals surface area contributed by atoms with Crippen molar-refractivity contribution >= 4 is 17.9 Å². The molecule has 0 aliphatic carbocycles. The van der Waals surface area contributed by atoms with Gasteiger partial charge in [-0.15, -0.1) is 0 Å². The summed E-state index contributed by atoms with van der Waals surface area (Å²) in [7, 11) is 0. The largest absolute Gasteiger partial charge is 2.00 e. The molecule has 9 nitrogen and oxygen atoms in total. The second-order valence-corrected chi connectivity index (χ2v) is 2.48. The zero-order valence-electron chi connectivity index (χ0n) is 7.90. The number of carbonyl (C=O) groups is 3. The van der Waals surface area contributed by atoms with Crippen molar-refractivity contribution in [3.05, 3.63) is 0 Å². The predicted molar refractivity (Wildman–Crippen MR) is 42.8 cm³/mol. The van der Waals surface area contributed by atoms with Crippen LogP contribution in [0, 0.1) is 0 Å². The third-order valence-electron chi connectivity index (χ3n) is 1.29. The molecule has 0 aromatic carbocycles. The molecule has 0 saturated carbocycles. The Labute approximate surface area is 100 Å². The number of aliphatic hydroxyl groups is 1. The molecule has 0 aliphatic rings. The van der Waals surface area contributed by atoms with Gasteiger partial charge in [0, 0.05) is 0 Å². The Kier molecular flexibility index (Phi) is 13.7. The molecular formula is C6H11FeNO8. The van der Waals surface area contributed by atoms with Crippen molar-refractivity contribution in [1.29, 1.82) is 0 Å². The fourth-order valence-electron chi connectivity index (χ4n) is 0.714. The molecule has 0 aliphatic heterocycles. The first-order valence-electron chi connectivity index (χ1n) is 3.17. The van der Waals surface area contributed by atoms with E-state index >= 15 is 0 Å². The summed E-state index contributed by atoms with van der Waals surface area (Å²) >= 11 is 0. The Bertz CT molecular complexity index is 239. The summed E-state index contributed by atoms with van der Waals surface area (Å²) in [5.74, 6) is -5.02. The Morgan fingerprint density at radius 3 is 1.31 bits per heavy atom. The molecule has 0 aromatic heterocycles. The second kappa shape index (κ2) is 9.07. The normalized spacial score (nSPS) is 8.81. The van der Waals surface area contributed by atoms with Crippen molar-refractivity contribution in [2.24, 2.45) is 0 Å². The van der Waals surface area contributed by atoms with Gasteiger partial charge in [0.2, 0.25) is 0 Å². The van der Waals surface area contributed by atoms with Crippen LogP contribution in [0.2, 0.25) is 0 Å². The van der Waals surface area contributed by atoms with Crippen molar-refractivity contribution < 1.29 is 57.4 Å². The molecule has 0 fully saturated rings. The van der Waals surface area contributed by atoms with Crippen molar-refractivity contribution in [3.63, 3.8) is 0 Å². The van der Waals surface area contributed by atoms with Gasteiger partial charge in [0.1, 0.15) is 0 Å². The number of rotatable bonds is 5. The number of aliphatic carboxylic acids is 3. The second-order valence-electron chi connectivity index (χ2n) is 2.48. The van der Waals surface area contributed by atoms with E-state index in [0.717, 1.165) is 0 Å². The molecule has 0 amide bonds. The van der Waals surface area contributed by atoms with Gasteiger partial charge in [-0.3, -0.25) is 9.59 Å². The van der Waals surface area contributed by atoms with Crippen LogP contribution in [-0.2, 0) is 36.9 Å². The SMILES string of the molecule is N.O=C(O)CC(O)(CC(=O)O)C(=O)O.[Fe+2].[O-2]. The van der Waals surface area contributed by atoms with Crippen LogP contribution in [0.25, 0.3) is 0 Å². The first-order chi connectivity index (χ1) is 5.78. The minimum atomic E-state index is -2.74. The smallest absolute Gasteiger partial charge is 2.00 e. The molecule has 0 spiro atoms. The maximum atomic E-state index is 10.3. The molecule has 0 unspecified atom stereocenters. The predicted octanol–water partition coefficient (Wildman–Crippen LogP) is -1.21. The number of hydrogen-bond donors (Lipinski definition) is 5. The maximum absolute atomic E-state index is 10.3. The summed E-state index contributed by atoms with van der Waals surface area (Å²) in [6.45, 7) is 0.